The molecule has 2 unspecified atom stereocenters. The van der Waals surface area contributed by atoms with E-state index >= 15 is 0 Å². The number of hydrogen-bond donors (Lipinski definition) is 0. The molecule has 0 aliphatic carbocycles. The Bertz CT molecular complexity index is 83.3. The summed E-state index contributed by atoms with van der Waals surface area (Å²) in [6.07, 6.45) is 1.34. The molecule has 0 aromatic rings. The van der Waals surface area contributed by atoms with Crippen LogP contribution < -0.4 is 0 Å². The zero-order valence-electron chi connectivity index (χ0n) is 4.37. The molecule has 0 radical (unpaired) electrons. The third kappa shape index (κ3) is 0.759. The van der Waals surface area contributed by atoms with Crippen LogP contribution in [0.4, 0.5) is 0 Å². The summed E-state index contributed by atoms with van der Waals surface area (Å²) in [7, 11) is -0.895. The molecule has 2 rings (SSSR count). The molecule has 2 fully saturated rings. The summed E-state index contributed by atoms with van der Waals surface area (Å²) in [5.74, 6) is 0. The van der Waals surface area contributed by atoms with Crippen molar-refractivity contribution in [3.63, 3.8) is 0 Å². The topological polar surface area (TPSA) is 27.7 Å². The lowest BCUT2D eigenvalue weighted by atomic mass is 10.3. The van der Waals surface area contributed by atoms with Gasteiger partial charge in [0.2, 0.25) is 0 Å². The summed E-state index contributed by atoms with van der Waals surface area (Å²) in [6.45, 7) is 1.56. The van der Waals surface area contributed by atoms with E-state index in [-0.39, 0.29) is 0 Å². The van der Waals surface area contributed by atoms with Crippen LogP contribution >= 0.6 is 8.60 Å². The van der Waals surface area contributed by atoms with Crippen molar-refractivity contribution in [2.45, 2.75) is 12.5 Å². The van der Waals surface area contributed by atoms with Crippen molar-refractivity contribution in [1.82, 2.24) is 0 Å². The molecule has 0 amide bonds. The lowest BCUT2D eigenvalue weighted by Gasteiger charge is -2.14. The standard InChI is InChI=1S/C4H7O3P/c1-2-5-8-6-3-4(1)7-8/h4H,1-3H2. The van der Waals surface area contributed by atoms with E-state index in [1.165, 1.54) is 0 Å². The summed E-state index contributed by atoms with van der Waals surface area (Å²) in [5, 5.41) is 0. The van der Waals surface area contributed by atoms with Crippen molar-refractivity contribution in [2.24, 2.45) is 0 Å². The molecular weight excluding hydrogens is 127 g/mol. The van der Waals surface area contributed by atoms with E-state index in [1.807, 2.05) is 0 Å². The van der Waals surface area contributed by atoms with Crippen LogP contribution in [-0.2, 0) is 13.6 Å². The van der Waals surface area contributed by atoms with Crippen molar-refractivity contribution in [2.75, 3.05) is 13.2 Å². The van der Waals surface area contributed by atoms with Gasteiger partial charge >= 0.3 is 8.60 Å². The third-order valence-corrected chi connectivity index (χ3v) is 2.46. The van der Waals surface area contributed by atoms with E-state index in [9.17, 15) is 0 Å². The first-order valence-corrected chi connectivity index (χ1v) is 3.77. The maximum absolute atomic E-state index is 5.22. The van der Waals surface area contributed by atoms with Gasteiger partial charge in [-0.05, 0) is 0 Å². The first-order valence-electron chi connectivity index (χ1n) is 2.68. The summed E-state index contributed by atoms with van der Waals surface area (Å²) in [5.41, 5.74) is 0. The molecule has 2 saturated heterocycles. The number of rotatable bonds is 0. The van der Waals surface area contributed by atoms with Crippen molar-refractivity contribution in [3.8, 4) is 0 Å². The lowest BCUT2D eigenvalue weighted by molar-refractivity contribution is 0.140. The molecule has 0 N–H and O–H groups in total. The van der Waals surface area contributed by atoms with Gasteiger partial charge in [0.1, 0.15) is 0 Å². The van der Waals surface area contributed by atoms with Crippen LogP contribution in [0.25, 0.3) is 0 Å². The Hall–Kier alpha value is 0.310. The van der Waals surface area contributed by atoms with Gasteiger partial charge in [0, 0.05) is 6.42 Å². The van der Waals surface area contributed by atoms with Crippen LogP contribution in [0.1, 0.15) is 6.42 Å². The zero-order valence-corrected chi connectivity index (χ0v) is 5.27. The van der Waals surface area contributed by atoms with Gasteiger partial charge in [0.15, 0.2) is 0 Å². The Morgan fingerprint density at radius 2 is 2.38 bits per heavy atom. The molecule has 2 aliphatic rings. The highest BCUT2D eigenvalue weighted by Gasteiger charge is 2.32. The Labute approximate surface area is 48.9 Å². The molecule has 2 heterocycles. The van der Waals surface area contributed by atoms with Crippen molar-refractivity contribution < 1.29 is 13.6 Å². The minimum Gasteiger partial charge on any atom is -0.312 e. The van der Waals surface area contributed by atoms with E-state index in [2.05, 4.69) is 0 Å². The fourth-order valence-corrected chi connectivity index (χ4v) is 1.94. The maximum atomic E-state index is 5.22. The van der Waals surface area contributed by atoms with E-state index in [4.69, 9.17) is 13.6 Å². The zero-order chi connectivity index (χ0) is 5.40. The second kappa shape index (κ2) is 1.92. The van der Waals surface area contributed by atoms with Crippen molar-refractivity contribution >= 4 is 8.60 Å². The molecule has 2 atom stereocenters. The Morgan fingerprint density at radius 1 is 1.38 bits per heavy atom. The smallest absolute Gasteiger partial charge is 0.312 e. The molecule has 0 spiro atoms. The first-order chi connectivity index (χ1) is 3.95. The quantitative estimate of drug-likeness (QED) is 0.463. The summed E-state index contributed by atoms with van der Waals surface area (Å²) >= 11 is 0. The molecule has 2 aliphatic heterocycles. The molecule has 0 saturated carbocycles. The second-order valence-corrected chi connectivity index (χ2v) is 3.04. The Morgan fingerprint density at radius 3 is 3.12 bits per heavy atom. The third-order valence-electron chi connectivity index (χ3n) is 1.24. The van der Waals surface area contributed by atoms with E-state index in [0.29, 0.717) is 6.10 Å². The fraction of sp³-hybridized carbons (Fsp3) is 1.00. The van der Waals surface area contributed by atoms with Gasteiger partial charge in [-0.2, -0.15) is 0 Å². The Kier molecular flexibility index (Phi) is 1.23. The molecular formula is C4H7O3P. The van der Waals surface area contributed by atoms with Gasteiger partial charge in [-0.3, -0.25) is 0 Å². The monoisotopic (exact) mass is 134 g/mol. The lowest BCUT2D eigenvalue weighted by Crippen LogP contribution is -2.13. The highest BCUT2D eigenvalue weighted by molar-refractivity contribution is 7.42. The van der Waals surface area contributed by atoms with Crippen LogP contribution in [0.3, 0.4) is 0 Å². The summed E-state index contributed by atoms with van der Waals surface area (Å²) < 4.78 is 15.4. The van der Waals surface area contributed by atoms with Gasteiger partial charge in [0.05, 0.1) is 19.3 Å². The van der Waals surface area contributed by atoms with Gasteiger partial charge in [-0.1, -0.05) is 0 Å². The molecule has 2 bridgehead atoms. The largest absolute Gasteiger partial charge is 0.333 e. The molecule has 8 heavy (non-hydrogen) atoms. The van der Waals surface area contributed by atoms with Crippen molar-refractivity contribution in [1.29, 1.82) is 0 Å². The van der Waals surface area contributed by atoms with Crippen LogP contribution in [0.2, 0.25) is 0 Å². The van der Waals surface area contributed by atoms with Gasteiger partial charge in [-0.15, -0.1) is 0 Å². The SMILES string of the molecule is C1CC2COP(O1)O2. The summed E-state index contributed by atoms with van der Waals surface area (Å²) in [6, 6.07) is 0. The highest BCUT2D eigenvalue weighted by atomic mass is 31.2. The minimum atomic E-state index is -0.895. The molecule has 3 nitrogen and oxygen atoms in total. The highest BCUT2D eigenvalue weighted by Crippen LogP contribution is 2.50. The molecule has 0 aromatic carbocycles. The van der Waals surface area contributed by atoms with Crippen LogP contribution in [0.15, 0.2) is 0 Å². The predicted octanol–water partition coefficient (Wildman–Crippen LogP) is 1.05. The van der Waals surface area contributed by atoms with E-state index in [0.717, 1.165) is 19.6 Å². The predicted molar refractivity (Wildman–Crippen MR) is 28.3 cm³/mol. The van der Waals surface area contributed by atoms with E-state index in [1.54, 1.807) is 0 Å². The van der Waals surface area contributed by atoms with Crippen LogP contribution in [0.5, 0.6) is 0 Å². The van der Waals surface area contributed by atoms with Crippen LogP contribution in [0, 0.1) is 0 Å². The summed E-state index contributed by atoms with van der Waals surface area (Å²) in [4.78, 5) is 0. The molecule has 0 aromatic heterocycles. The van der Waals surface area contributed by atoms with E-state index < -0.39 is 8.60 Å². The van der Waals surface area contributed by atoms with Crippen LogP contribution in [-0.4, -0.2) is 19.3 Å². The fourth-order valence-electron chi connectivity index (χ4n) is 0.789. The molecule has 4 heteroatoms. The van der Waals surface area contributed by atoms with Gasteiger partial charge < -0.3 is 13.6 Å². The normalized spacial score (nSPS) is 45.0. The average Bonchev–Trinajstić information content (AvgIpc) is 2.12. The first kappa shape index (κ1) is 5.12. The van der Waals surface area contributed by atoms with Gasteiger partial charge in [-0.25, -0.2) is 0 Å². The molecule has 46 valence electrons. The number of hydrogen-bond acceptors (Lipinski definition) is 3. The Balaban J connectivity index is 2.03. The van der Waals surface area contributed by atoms with Gasteiger partial charge in [0.25, 0.3) is 0 Å². The maximum Gasteiger partial charge on any atom is 0.333 e. The average molecular weight is 134 g/mol. The minimum absolute atomic E-state index is 0.342. The second-order valence-electron chi connectivity index (χ2n) is 1.87. The van der Waals surface area contributed by atoms with Crippen molar-refractivity contribution in [3.05, 3.63) is 0 Å². The number of fused-ring (bicyclic) bond motifs is 2.